The molecule has 0 spiro atoms. The van der Waals surface area contributed by atoms with Crippen molar-refractivity contribution >= 4 is 128 Å². The first kappa shape index (κ1) is 97.7. The molecule has 41 heteroatoms. The molecule has 6 aromatic carbocycles. The summed E-state index contributed by atoms with van der Waals surface area (Å²) >= 11 is 0. The normalized spacial score (nSPS) is 13.6. The Morgan fingerprint density at radius 1 is 0.292 bits per heavy atom. The number of imidazole rings is 11. The molecule has 144 heavy (non-hydrogen) atoms. The van der Waals surface area contributed by atoms with E-state index >= 15 is 0 Å². The molecule has 30 rings (SSSR count). The Morgan fingerprint density at radius 3 is 0.896 bits per heavy atom. The van der Waals surface area contributed by atoms with Crippen molar-refractivity contribution in [3.63, 3.8) is 0 Å². The van der Waals surface area contributed by atoms with Gasteiger partial charge >= 0.3 is 0 Å². The SMILES string of the molecule is C[n+]1[c-]n(-c2cccc3c2[n-]c2c(-n4[c-]ncc4)coc23)cc1.C[n+]1[c-]n(-c2cccc3c2[n-]c2c(-n4[c-]ncc4)coc23)cc1.C[n+]1[c-]n(-c2cccc3c2[n-]c2c(C4[C-]=NC=C4)coc23)cc1.C[n+]1[c-]n(-c2coc3c2[n-]c2c(-n4[c-]ncc4)cccc23)cc1.C[n+]1[c-]n(-c2coc3c2[n-]c2c(-n4[c-]ncc4)cccc23)cc1.C[n+]1[c-]n(C2=COC3c4cccc(-n5[c-]ncc5)c4[N-]C23)cc1.[Pt].[Pt].[Pt].[Pt].[Pt].[Pt]. The van der Waals surface area contributed by atoms with Crippen molar-refractivity contribution in [2.24, 2.45) is 47.3 Å². The van der Waals surface area contributed by atoms with Crippen molar-refractivity contribution in [3.05, 3.63) is 381 Å². The smallest absolute Gasteiger partial charge is 0.243 e. The van der Waals surface area contributed by atoms with Gasteiger partial charge < -0.3 is 165 Å². The zero-order valence-corrected chi connectivity index (χ0v) is 89.4. The predicted octanol–water partition coefficient (Wildman–Crippen LogP) is 12.3. The van der Waals surface area contributed by atoms with E-state index in [-0.39, 0.29) is 144 Å². The van der Waals surface area contributed by atoms with E-state index in [1.807, 2.05) is 325 Å². The van der Waals surface area contributed by atoms with Gasteiger partial charge in [-0.25, -0.2) is 0 Å². The summed E-state index contributed by atoms with van der Waals surface area (Å²) in [4.78, 5) is 48.0. The molecular formula is C103H69N29O6Pt6-12. The van der Waals surface area contributed by atoms with Crippen LogP contribution in [0.5, 0.6) is 0 Å². The van der Waals surface area contributed by atoms with Crippen LogP contribution in [0.2, 0.25) is 0 Å². The van der Waals surface area contributed by atoms with E-state index < -0.39 is 0 Å². The fourth-order valence-electron chi connectivity index (χ4n) is 17.6. The van der Waals surface area contributed by atoms with Gasteiger partial charge in [0.05, 0.1) is 96.9 Å². The van der Waals surface area contributed by atoms with Crippen molar-refractivity contribution in [2.75, 3.05) is 0 Å². The van der Waals surface area contributed by atoms with E-state index in [0.29, 0.717) is 0 Å². The van der Waals surface area contributed by atoms with Gasteiger partial charge in [0.1, 0.15) is 34.0 Å². The molecule has 0 saturated heterocycles. The number of aryl methyl sites for hydroxylation is 6. The Labute approximate surface area is 903 Å². The van der Waals surface area contributed by atoms with E-state index in [1.54, 1.807) is 83.9 Å². The van der Waals surface area contributed by atoms with Gasteiger partial charge in [-0.15, -0.1) is 44.8 Å². The van der Waals surface area contributed by atoms with Crippen LogP contribution in [0.1, 0.15) is 23.1 Å². The number of aromatic nitrogens is 27. The Hall–Kier alpha value is -15.1. The van der Waals surface area contributed by atoms with E-state index in [4.69, 9.17) is 57.1 Å². The molecule has 21 aromatic heterocycles. The van der Waals surface area contributed by atoms with Crippen LogP contribution in [-0.4, -0.2) is 87.4 Å². The molecule has 0 aliphatic carbocycles. The van der Waals surface area contributed by atoms with Crippen LogP contribution in [0.4, 0.5) is 5.69 Å². The topological polar surface area (TPSA) is 314 Å². The number of fused-ring (bicyclic) bond motifs is 18. The molecule has 3 unspecified atom stereocenters. The van der Waals surface area contributed by atoms with Crippen LogP contribution < -0.4 is 52.3 Å². The minimum absolute atomic E-state index is 0. The first-order valence-corrected chi connectivity index (χ1v) is 43.4. The summed E-state index contributed by atoms with van der Waals surface area (Å²) in [5, 5.41) is 9.84. The third kappa shape index (κ3) is 17.5. The maximum absolute atomic E-state index is 5.91. The van der Waals surface area contributed by atoms with Crippen molar-refractivity contribution in [1.29, 1.82) is 0 Å². The second kappa shape index (κ2) is 40.7. The van der Waals surface area contributed by atoms with Crippen molar-refractivity contribution in [2.45, 2.75) is 18.1 Å². The average Bonchev–Trinajstić information content (AvgIpc) is 1.62. The Balaban J connectivity index is 0.000000108. The third-order valence-electron chi connectivity index (χ3n) is 24.0. The summed E-state index contributed by atoms with van der Waals surface area (Å²) in [6, 6.07) is 36.2. The fraction of sp³-hybridized carbons (Fsp3) is 0.0874. The van der Waals surface area contributed by atoms with Gasteiger partial charge in [0.25, 0.3) is 0 Å². The molecule has 0 saturated carbocycles. The molecule has 27 aromatic rings. The van der Waals surface area contributed by atoms with E-state index in [9.17, 15) is 0 Å². The second-order valence-corrected chi connectivity index (χ2v) is 32.7. The van der Waals surface area contributed by atoms with Crippen LogP contribution in [0.3, 0.4) is 0 Å². The molecule has 3 atom stereocenters. The minimum Gasteiger partial charge on any atom is -0.685 e. The quantitative estimate of drug-likeness (QED) is 0.0810. The molecule has 0 fully saturated rings. The number of aliphatic imine (C=N–C) groups is 1. The van der Waals surface area contributed by atoms with Crippen LogP contribution in [0.25, 0.3) is 178 Å². The number of hydrogen-bond donors (Lipinski definition) is 0. The Bertz CT molecular complexity index is 8910. The molecular weight excluding hydrogens is 2910 g/mol. The number of nitrogens with zero attached hydrogens (tertiary/aromatic N) is 29. The molecule has 3 aliphatic rings. The molecule has 24 heterocycles. The summed E-state index contributed by atoms with van der Waals surface area (Å²) in [5.41, 5.74) is 25.7. The Kier molecular flexibility index (Phi) is 27.6. The molecule has 0 N–H and O–H groups in total. The summed E-state index contributed by atoms with van der Waals surface area (Å²) < 4.78 is 66.6. The molecule has 0 bridgehead atoms. The van der Waals surface area contributed by atoms with Gasteiger partial charge in [-0.1, -0.05) is 199 Å². The predicted molar refractivity (Wildman–Crippen MR) is 497 cm³/mol. The van der Waals surface area contributed by atoms with Crippen molar-refractivity contribution < 1.29 is 181 Å². The number of para-hydroxylation sites is 6. The maximum atomic E-state index is 5.91. The molecule has 734 valence electrons. The molecule has 0 radical (unpaired) electrons. The zero-order chi connectivity index (χ0) is 92.3. The van der Waals surface area contributed by atoms with Crippen LogP contribution in [0.15, 0.2) is 322 Å². The number of hydrogen-bond acceptors (Lipinski definition) is 12. The first-order valence-electron chi connectivity index (χ1n) is 43.4. The van der Waals surface area contributed by atoms with E-state index in [1.165, 1.54) is 0 Å². The number of furan rings is 5. The monoisotopic (exact) mass is 2980 g/mol. The van der Waals surface area contributed by atoms with Gasteiger partial charge in [0.2, 0.25) is 38.0 Å². The zero-order valence-electron chi connectivity index (χ0n) is 75.8. The van der Waals surface area contributed by atoms with Gasteiger partial charge in [-0.2, -0.15) is 18.0 Å². The molecule has 0 amide bonds. The number of allylic oxidation sites excluding steroid dienone is 1. The van der Waals surface area contributed by atoms with Crippen LogP contribution >= 0.6 is 0 Å². The minimum atomic E-state index is -0.0791. The maximum Gasteiger partial charge on any atom is 0.243 e. The van der Waals surface area contributed by atoms with E-state index in [0.717, 1.165) is 189 Å². The first-order chi connectivity index (χ1) is 67.9. The Morgan fingerprint density at radius 2 is 0.576 bits per heavy atom. The largest absolute Gasteiger partial charge is 0.685 e. The van der Waals surface area contributed by atoms with Gasteiger partial charge in [0.15, 0.2) is 0 Å². The number of benzene rings is 6. The summed E-state index contributed by atoms with van der Waals surface area (Å²) in [7, 11) is 11.6. The fourth-order valence-corrected chi connectivity index (χ4v) is 17.6. The average molecular weight is 2980 g/mol. The van der Waals surface area contributed by atoms with Crippen molar-refractivity contribution in [1.82, 2.24) is 100 Å². The summed E-state index contributed by atoms with van der Waals surface area (Å²) in [6.45, 7) is 0. The third-order valence-corrected chi connectivity index (χ3v) is 24.0. The van der Waals surface area contributed by atoms with Crippen LogP contribution in [0, 0.1) is 69.6 Å². The molecule has 35 nitrogen and oxygen atoms in total. The van der Waals surface area contributed by atoms with Crippen molar-refractivity contribution in [3.8, 4) is 56.9 Å². The van der Waals surface area contributed by atoms with Gasteiger partial charge in [0, 0.05) is 249 Å². The van der Waals surface area contributed by atoms with Gasteiger partial charge in [-0.3, -0.25) is 0 Å². The van der Waals surface area contributed by atoms with Crippen LogP contribution in [-0.2, 0) is 173 Å². The van der Waals surface area contributed by atoms with E-state index in [2.05, 4.69) is 112 Å². The molecule has 3 aliphatic heterocycles. The summed E-state index contributed by atoms with van der Waals surface area (Å²) in [5.74, 6) is 0.0138. The summed E-state index contributed by atoms with van der Waals surface area (Å²) in [6.07, 6.45) is 91.7. The second-order valence-electron chi connectivity index (χ2n) is 32.7. The number of ether oxygens (including phenoxy) is 1. The number of rotatable bonds is 12. The van der Waals surface area contributed by atoms with Gasteiger partial charge in [-0.05, 0) is 66.8 Å². The standard InChI is InChI=1S/C18H12N4O.2C17H11N5O.C17H13N5O.2C17H11N5O.6Pt/c1-21-7-8-22(11-21)15-4-2-3-13-16(15)20-17-14(10-23-18(13)17)12-5-6-19-9-12;2*1-20-7-8-22(11-20)13-4-2-3-12-15(13)19-16-14(9-23-17(12)16)21-6-5-18-10-21;3*1-20-7-8-22(11-20)14-9-23-17-12-3-2-4-13(15(12)19-16(14)17)21-6-5-18-10-21;;;;;;/h2-8,10,12H,1H3;2*2-9H,1H3;2-9,16-17H,1H3;2*2-9H,1H3;;;;;;/q6*-2;;;;;;.